The van der Waals surface area contributed by atoms with Crippen LogP contribution in [0.4, 0.5) is 0 Å². The van der Waals surface area contributed by atoms with E-state index in [1.165, 1.54) is 24.0 Å². The molecule has 0 radical (unpaired) electrons. The Morgan fingerprint density at radius 1 is 1.31 bits per heavy atom. The molecule has 0 bridgehead atoms. The van der Waals surface area contributed by atoms with Crippen LogP contribution < -0.4 is 5.32 Å². The minimum atomic E-state index is 0.212. The van der Waals surface area contributed by atoms with Gasteiger partial charge in [-0.25, -0.2) is 0 Å². The van der Waals surface area contributed by atoms with Gasteiger partial charge in [0, 0.05) is 12.6 Å². The molecule has 1 fully saturated rings. The average molecular weight is 219 g/mol. The number of morpholine rings is 1. The maximum absolute atomic E-state index is 5.81. The van der Waals surface area contributed by atoms with Gasteiger partial charge in [-0.2, -0.15) is 0 Å². The fourth-order valence-corrected chi connectivity index (χ4v) is 2.27. The lowest BCUT2D eigenvalue weighted by Crippen LogP contribution is -2.41. The lowest BCUT2D eigenvalue weighted by Gasteiger charge is -2.30. The summed E-state index contributed by atoms with van der Waals surface area (Å²) < 4.78 is 5.81. The van der Waals surface area contributed by atoms with E-state index in [0.29, 0.717) is 6.04 Å². The van der Waals surface area contributed by atoms with Gasteiger partial charge in [-0.15, -0.1) is 0 Å². The van der Waals surface area contributed by atoms with E-state index in [0.717, 1.165) is 13.2 Å². The lowest BCUT2D eigenvalue weighted by molar-refractivity contribution is -0.000230. The van der Waals surface area contributed by atoms with Crippen LogP contribution in [0, 0.1) is 0 Å². The third-order valence-corrected chi connectivity index (χ3v) is 3.17. The van der Waals surface area contributed by atoms with Gasteiger partial charge in [0.15, 0.2) is 0 Å². The van der Waals surface area contributed by atoms with Gasteiger partial charge < -0.3 is 10.1 Å². The first-order valence-electron chi connectivity index (χ1n) is 6.25. The molecule has 1 aliphatic rings. The van der Waals surface area contributed by atoms with Crippen LogP contribution in [0.5, 0.6) is 0 Å². The molecule has 0 spiro atoms. The molecule has 1 N–H and O–H groups in total. The van der Waals surface area contributed by atoms with Crippen LogP contribution >= 0.6 is 0 Å². The molecule has 0 aromatic heterocycles. The minimum absolute atomic E-state index is 0.212. The van der Waals surface area contributed by atoms with E-state index in [9.17, 15) is 0 Å². The number of rotatable bonds is 3. The van der Waals surface area contributed by atoms with E-state index in [1.54, 1.807) is 0 Å². The molecule has 1 heterocycles. The van der Waals surface area contributed by atoms with E-state index in [2.05, 4.69) is 43.4 Å². The predicted octanol–water partition coefficient (Wildman–Crippen LogP) is 2.69. The Kier molecular flexibility index (Phi) is 3.97. The van der Waals surface area contributed by atoms with Crippen molar-refractivity contribution in [2.45, 2.75) is 38.8 Å². The molecule has 2 atom stereocenters. The van der Waals surface area contributed by atoms with Crippen molar-refractivity contribution < 1.29 is 4.74 Å². The molecule has 0 saturated carbocycles. The highest BCUT2D eigenvalue weighted by molar-refractivity contribution is 5.25. The standard InChI is InChI=1S/C14H21NO/c1-3-4-12-5-7-13(8-6-12)14-11(2)15-9-10-16-14/h5-8,11,14-15H,3-4,9-10H2,1-2H3. The average Bonchev–Trinajstić information content (AvgIpc) is 2.31. The second-order valence-corrected chi connectivity index (χ2v) is 4.53. The molecule has 2 nitrogen and oxygen atoms in total. The Morgan fingerprint density at radius 3 is 2.69 bits per heavy atom. The highest BCUT2D eigenvalue weighted by Gasteiger charge is 2.22. The zero-order valence-electron chi connectivity index (χ0n) is 10.2. The fourth-order valence-electron chi connectivity index (χ4n) is 2.27. The van der Waals surface area contributed by atoms with Crippen molar-refractivity contribution in [2.24, 2.45) is 0 Å². The van der Waals surface area contributed by atoms with E-state index in [1.807, 2.05) is 0 Å². The lowest BCUT2D eigenvalue weighted by atomic mass is 9.99. The van der Waals surface area contributed by atoms with Gasteiger partial charge in [0.1, 0.15) is 0 Å². The summed E-state index contributed by atoms with van der Waals surface area (Å²) in [4.78, 5) is 0. The van der Waals surface area contributed by atoms with Crippen LogP contribution in [-0.4, -0.2) is 19.2 Å². The highest BCUT2D eigenvalue weighted by Crippen LogP contribution is 2.24. The first kappa shape index (κ1) is 11.6. The third kappa shape index (κ3) is 2.63. The zero-order chi connectivity index (χ0) is 11.4. The van der Waals surface area contributed by atoms with Crippen LogP contribution in [0.25, 0.3) is 0 Å². The van der Waals surface area contributed by atoms with Gasteiger partial charge in [-0.1, -0.05) is 37.6 Å². The topological polar surface area (TPSA) is 21.3 Å². The molecule has 1 saturated heterocycles. The second-order valence-electron chi connectivity index (χ2n) is 4.53. The van der Waals surface area contributed by atoms with Crippen LogP contribution in [0.2, 0.25) is 0 Å². The summed E-state index contributed by atoms with van der Waals surface area (Å²) in [6, 6.07) is 9.27. The van der Waals surface area contributed by atoms with Crippen LogP contribution in [0.15, 0.2) is 24.3 Å². The van der Waals surface area contributed by atoms with Crippen molar-refractivity contribution >= 4 is 0 Å². The first-order chi connectivity index (χ1) is 7.81. The van der Waals surface area contributed by atoms with Crippen LogP contribution in [-0.2, 0) is 11.2 Å². The van der Waals surface area contributed by atoms with E-state index in [-0.39, 0.29) is 6.10 Å². The van der Waals surface area contributed by atoms with Crippen molar-refractivity contribution in [3.63, 3.8) is 0 Å². The molecule has 2 heteroatoms. The molecule has 16 heavy (non-hydrogen) atoms. The van der Waals surface area contributed by atoms with Gasteiger partial charge >= 0.3 is 0 Å². The zero-order valence-corrected chi connectivity index (χ0v) is 10.2. The first-order valence-corrected chi connectivity index (χ1v) is 6.25. The number of aryl methyl sites for hydroxylation is 1. The minimum Gasteiger partial charge on any atom is -0.371 e. The van der Waals surface area contributed by atoms with Crippen LogP contribution in [0.3, 0.4) is 0 Å². The summed E-state index contributed by atoms with van der Waals surface area (Å²) in [5.41, 5.74) is 2.71. The molecule has 0 amide bonds. The number of hydrogen-bond acceptors (Lipinski definition) is 2. The van der Waals surface area contributed by atoms with E-state index in [4.69, 9.17) is 4.74 Å². The van der Waals surface area contributed by atoms with Crippen molar-refractivity contribution in [3.05, 3.63) is 35.4 Å². The molecular formula is C14H21NO. The van der Waals surface area contributed by atoms with Crippen molar-refractivity contribution in [3.8, 4) is 0 Å². The molecule has 1 aromatic carbocycles. The predicted molar refractivity (Wildman–Crippen MR) is 66.6 cm³/mol. The largest absolute Gasteiger partial charge is 0.371 e. The van der Waals surface area contributed by atoms with Gasteiger partial charge in [0.05, 0.1) is 12.7 Å². The summed E-state index contributed by atoms with van der Waals surface area (Å²) in [5, 5.41) is 3.45. The quantitative estimate of drug-likeness (QED) is 0.844. The molecule has 88 valence electrons. The van der Waals surface area contributed by atoms with Gasteiger partial charge in [-0.3, -0.25) is 0 Å². The van der Waals surface area contributed by atoms with E-state index < -0.39 is 0 Å². The summed E-state index contributed by atoms with van der Waals surface area (Å²) in [6.45, 7) is 6.17. The molecule has 0 aliphatic carbocycles. The maximum atomic E-state index is 5.81. The fraction of sp³-hybridized carbons (Fsp3) is 0.571. The van der Waals surface area contributed by atoms with Gasteiger partial charge in [-0.05, 0) is 24.5 Å². The Balaban J connectivity index is 2.08. The van der Waals surface area contributed by atoms with Crippen molar-refractivity contribution in [1.82, 2.24) is 5.32 Å². The molecule has 1 aliphatic heterocycles. The number of ether oxygens (including phenoxy) is 1. The van der Waals surface area contributed by atoms with Gasteiger partial charge in [0.25, 0.3) is 0 Å². The summed E-state index contributed by atoms with van der Waals surface area (Å²) in [5.74, 6) is 0. The van der Waals surface area contributed by atoms with Crippen LogP contribution in [0.1, 0.15) is 37.5 Å². The Hall–Kier alpha value is -0.860. The number of benzene rings is 1. The smallest absolute Gasteiger partial charge is 0.0975 e. The number of nitrogens with one attached hydrogen (secondary N) is 1. The molecule has 1 aromatic rings. The Morgan fingerprint density at radius 2 is 2.06 bits per heavy atom. The number of hydrogen-bond donors (Lipinski definition) is 1. The molecule has 2 unspecified atom stereocenters. The maximum Gasteiger partial charge on any atom is 0.0975 e. The van der Waals surface area contributed by atoms with Crippen molar-refractivity contribution in [2.75, 3.05) is 13.2 Å². The van der Waals surface area contributed by atoms with Gasteiger partial charge in [0.2, 0.25) is 0 Å². The summed E-state index contributed by atoms with van der Waals surface area (Å²) in [6.07, 6.45) is 2.58. The second kappa shape index (κ2) is 5.46. The molecule has 2 rings (SSSR count). The summed E-state index contributed by atoms with van der Waals surface area (Å²) >= 11 is 0. The monoisotopic (exact) mass is 219 g/mol. The summed E-state index contributed by atoms with van der Waals surface area (Å²) in [7, 11) is 0. The Labute approximate surface area is 98.0 Å². The van der Waals surface area contributed by atoms with E-state index >= 15 is 0 Å². The highest BCUT2D eigenvalue weighted by atomic mass is 16.5. The van der Waals surface area contributed by atoms with Crippen molar-refractivity contribution in [1.29, 1.82) is 0 Å². The third-order valence-electron chi connectivity index (χ3n) is 3.17. The SMILES string of the molecule is CCCc1ccc(C2OCCNC2C)cc1. The normalized spacial score (nSPS) is 25.6. The molecular weight excluding hydrogens is 198 g/mol. The Bertz CT molecular complexity index is 320.